The van der Waals surface area contributed by atoms with Gasteiger partial charge in [0.15, 0.2) is 0 Å². The molecule has 1 fully saturated rings. The molecule has 0 aromatic carbocycles. The van der Waals surface area contributed by atoms with Crippen molar-refractivity contribution in [3.8, 4) is 5.88 Å². The van der Waals surface area contributed by atoms with Gasteiger partial charge in [-0.05, 0) is 31.0 Å². The number of pyridine rings is 2. The molecule has 2 aromatic rings. The molecule has 0 unspecified atom stereocenters. The highest BCUT2D eigenvalue weighted by atomic mass is 16.5. The van der Waals surface area contributed by atoms with Crippen molar-refractivity contribution in [2.24, 2.45) is 0 Å². The molecular weight excluding hydrogens is 216 g/mol. The van der Waals surface area contributed by atoms with Crippen LogP contribution in [-0.2, 0) is 11.3 Å². The number of aromatic nitrogens is 2. The number of rotatable bonds is 4. The number of ether oxygens (including phenoxy) is 2. The molecule has 0 amide bonds. The highest BCUT2D eigenvalue weighted by Crippen LogP contribution is 2.27. The fourth-order valence-electron chi connectivity index (χ4n) is 1.75. The fraction of sp³-hybridized carbons (Fsp3) is 0.385. The lowest BCUT2D eigenvalue weighted by Gasteiger charge is -2.09. The Kier molecular flexibility index (Phi) is 2.65. The second-order valence-electron chi connectivity index (χ2n) is 4.21. The van der Waals surface area contributed by atoms with Gasteiger partial charge in [-0.1, -0.05) is 0 Å². The van der Waals surface area contributed by atoms with Crippen LogP contribution in [0.25, 0.3) is 11.0 Å². The molecule has 4 heteroatoms. The predicted molar refractivity (Wildman–Crippen MR) is 63.9 cm³/mol. The number of hydrogen-bond acceptors (Lipinski definition) is 4. The van der Waals surface area contributed by atoms with Crippen LogP contribution in [0, 0.1) is 0 Å². The van der Waals surface area contributed by atoms with E-state index in [2.05, 4.69) is 9.97 Å². The quantitative estimate of drug-likeness (QED) is 0.808. The summed E-state index contributed by atoms with van der Waals surface area (Å²) < 4.78 is 11.0. The molecule has 0 N–H and O–H groups in total. The molecular formula is C13H14N2O2. The molecule has 2 heterocycles. The van der Waals surface area contributed by atoms with E-state index in [1.54, 1.807) is 13.3 Å². The van der Waals surface area contributed by atoms with Crippen LogP contribution in [-0.4, -0.2) is 23.2 Å². The number of hydrogen-bond donors (Lipinski definition) is 0. The maximum Gasteiger partial charge on any atom is 0.219 e. The largest absolute Gasteiger partial charge is 0.481 e. The van der Waals surface area contributed by atoms with Crippen LogP contribution in [0.2, 0.25) is 0 Å². The number of nitrogens with zero attached hydrogens (tertiary/aromatic N) is 2. The molecule has 88 valence electrons. The predicted octanol–water partition coefficient (Wildman–Crippen LogP) is 2.32. The van der Waals surface area contributed by atoms with Crippen molar-refractivity contribution in [1.82, 2.24) is 9.97 Å². The summed E-state index contributed by atoms with van der Waals surface area (Å²) in [7, 11) is 1.63. The summed E-state index contributed by atoms with van der Waals surface area (Å²) in [5.74, 6) is 0.631. The van der Waals surface area contributed by atoms with Gasteiger partial charge in [0.25, 0.3) is 0 Å². The van der Waals surface area contributed by atoms with E-state index >= 15 is 0 Å². The molecule has 0 saturated heterocycles. The molecule has 0 spiro atoms. The molecule has 4 nitrogen and oxygen atoms in total. The average molecular weight is 230 g/mol. The molecule has 17 heavy (non-hydrogen) atoms. The Morgan fingerprint density at radius 2 is 2.24 bits per heavy atom. The first-order valence-electron chi connectivity index (χ1n) is 5.77. The third kappa shape index (κ3) is 2.22. The van der Waals surface area contributed by atoms with Crippen LogP contribution in [0.1, 0.15) is 18.4 Å². The van der Waals surface area contributed by atoms with Gasteiger partial charge in [0, 0.05) is 11.8 Å². The van der Waals surface area contributed by atoms with Gasteiger partial charge in [0.2, 0.25) is 5.88 Å². The molecule has 2 aromatic heterocycles. The average Bonchev–Trinajstić information content (AvgIpc) is 3.19. The summed E-state index contributed by atoms with van der Waals surface area (Å²) in [6, 6.07) is 5.79. The molecule has 3 rings (SSSR count). The van der Waals surface area contributed by atoms with E-state index in [9.17, 15) is 0 Å². The van der Waals surface area contributed by atoms with Crippen LogP contribution in [0.15, 0.2) is 24.4 Å². The van der Waals surface area contributed by atoms with Crippen molar-refractivity contribution >= 4 is 11.0 Å². The lowest BCUT2D eigenvalue weighted by Crippen LogP contribution is -2.00. The Hall–Kier alpha value is -1.68. The van der Waals surface area contributed by atoms with Crippen molar-refractivity contribution in [2.45, 2.75) is 25.6 Å². The van der Waals surface area contributed by atoms with Gasteiger partial charge in [0.1, 0.15) is 0 Å². The summed E-state index contributed by atoms with van der Waals surface area (Å²) >= 11 is 0. The van der Waals surface area contributed by atoms with Gasteiger partial charge in [-0.15, -0.1) is 0 Å². The Bertz CT molecular complexity index is 538. The van der Waals surface area contributed by atoms with Gasteiger partial charge < -0.3 is 9.47 Å². The van der Waals surface area contributed by atoms with Gasteiger partial charge in [-0.25, -0.2) is 4.98 Å². The minimum absolute atomic E-state index is 0.430. The zero-order valence-electron chi connectivity index (χ0n) is 9.72. The zero-order valence-corrected chi connectivity index (χ0v) is 9.72. The van der Waals surface area contributed by atoms with E-state index in [1.165, 1.54) is 12.8 Å². The summed E-state index contributed by atoms with van der Waals surface area (Å²) in [6.07, 6.45) is 4.53. The first-order valence-corrected chi connectivity index (χ1v) is 5.77. The summed E-state index contributed by atoms with van der Waals surface area (Å²) in [5, 5.41) is 0. The summed E-state index contributed by atoms with van der Waals surface area (Å²) in [5.41, 5.74) is 2.69. The van der Waals surface area contributed by atoms with Gasteiger partial charge in [0.05, 0.1) is 30.9 Å². The van der Waals surface area contributed by atoms with E-state index < -0.39 is 0 Å². The topological polar surface area (TPSA) is 44.2 Å². The highest BCUT2D eigenvalue weighted by Gasteiger charge is 2.22. The van der Waals surface area contributed by atoms with Crippen LogP contribution >= 0.6 is 0 Å². The Labute approximate surface area is 99.6 Å². The molecule has 0 atom stereocenters. The minimum Gasteiger partial charge on any atom is -0.481 e. The minimum atomic E-state index is 0.430. The van der Waals surface area contributed by atoms with Crippen LogP contribution in [0.4, 0.5) is 0 Å². The second-order valence-corrected chi connectivity index (χ2v) is 4.21. The van der Waals surface area contributed by atoms with E-state index in [1.807, 2.05) is 18.2 Å². The fourth-order valence-corrected chi connectivity index (χ4v) is 1.75. The summed E-state index contributed by atoms with van der Waals surface area (Å²) in [6.45, 7) is 0.549. The standard InChI is InChI=1S/C13H14N2O2/c1-16-13-9(8-17-10-4-5-10)7-12-11(15-13)3-2-6-14-12/h2-3,6-7,10H,4-5,8H2,1H3. The van der Waals surface area contributed by atoms with Crippen LogP contribution in [0.5, 0.6) is 5.88 Å². The molecule has 0 bridgehead atoms. The van der Waals surface area contributed by atoms with Crippen molar-refractivity contribution in [3.05, 3.63) is 30.0 Å². The third-order valence-electron chi connectivity index (χ3n) is 2.82. The first-order chi connectivity index (χ1) is 8.36. The second kappa shape index (κ2) is 4.30. The number of methoxy groups -OCH3 is 1. The molecule has 1 saturated carbocycles. The van der Waals surface area contributed by atoms with Gasteiger partial charge in [-0.2, -0.15) is 0 Å². The van der Waals surface area contributed by atoms with E-state index in [-0.39, 0.29) is 0 Å². The molecule has 1 aliphatic rings. The molecule has 1 aliphatic carbocycles. The zero-order chi connectivity index (χ0) is 11.7. The van der Waals surface area contributed by atoms with Gasteiger partial charge >= 0.3 is 0 Å². The lowest BCUT2D eigenvalue weighted by molar-refractivity contribution is 0.104. The summed E-state index contributed by atoms with van der Waals surface area (Å²) in [4.78, 5) is 8.71. The van der Waals surface area contributed by atoms with Crippen molar-refractivity contribution < 1.29 is 9.47 Å². The Morgan fingerprint density at radius 1 is 1.35 bits per heavy atom. The van der Waals surface area contributed by atoms with E-state index in [0.717, 1.165) is 16.6 Å². The highest BCUT2D eigenvalue weighted by molar-refractivity contribution is 5.75. The van der Waals surface area contributed by atoms with Crippen LogP contribution < -0.4 is 4.74 Å². The smallest absolute Gasteiger partial charge is 0.219 e. The molecule has 0 radical (unpaired) electrons. The SMILES string of the molecule is COc1nc2cccnc2cc1COC1CC1. The molecule has 0 aliphatic heterocycles. The lowest BCUT2D eigenvalue weighted by atomic mass is 10.2. The maximum atomic E-state index is 5.68. The number of fused-ring (bicyclic) bond motifs is 1. The third-order valence-corrected chi connectivity index (χ3v) is 2.82. The van der Waals surface area contributed by atoms with Crippen molar-refractivity contribution in [2.75, 3.05) is 7.11 Å². The van der Waals surface area contributed by atoms with E-state index in [4.69, 9.17) is 9.47 Å². The van der Waals surface area contributed by atoms with Gasteiger partial charge in [-0.3, -0.25) is 4.98 Å². The Morgan fingerprint density at radius 3 is 3.00 bits per heavy atom. The normalized spacial score (nSPS) is 15.1. The first kappa shape index (κ1) is 10.5. The Balaban J connectivity index is 1.95. The van der Waals surface area contributed by atoms with Crippen molar-refractivity contribution in [3.63, 3.8) is 0 Å². The van der Waals surface area contributed by atoms with E-state index in [0.29, 0.717) is 18.6 Å². The van der Waals surface area contributed by atoms with Crippen molar-refractivity contribution in [1.29, 1.82) is 0 Å². The van der Waals surface area contributed by atoms with Crippen LogP contribution in [0.3, 0.4) is 0 Å². The maximum absolute atomic E-state index is 5.68. The monoisotopic (exact) mass is 230 g/mol.